The maximum absolute atomic E-state index is 5.57. The molecule has 0 aromatic carbocycles. The van der Waals surface area contributed by atoms with E-state index in [9.17, 15) is 0 Å². The van der Waals surface area contributed by atoms with E-state index in [0.29, 0.717) is 10.8 Å². The third-order valence-corrected chi connectivity index (χ3v) is 5.71. The molecule has 0 aromatic rings. The predicted octanol–water partition coefficient (Wildman–Crippen LogP) is 2.01. The maximum Gasteiger partial charge on any atom is 0.205 e. The Balaban J connectivity index is 1.87. The Morgan fingerprint density at radius 1 is 1.28 bits per heavy atom. The summed E-state index contributed by atoms with van der Waals surface area (Å²) in [6.45, 7) is 0.882. The summed E-state index contributed by atoms with van der Waals surface area (Å²) in [6, 6.07) is 0.564. The summed E-state index contributed by atoms with van der Waals surface area (Å²) in [4.78, 5) is 4.68. The van der Waals surface area contributed by atoms with Crippen LogP contribution in [0.4, 0.5) is 0 Å². The molecular weight excluding hydrogens is 244 g/mol. The van der Waals surface area contributed by atoms with Crippen LogP contribution >= 0.6 is 11.8 Å². The van der Waals surface area contributed by atoms with Crippen LogP contribution < -0.4 is 16.6 Å². The Morgan fingerprint density at radius 3 is 2.50 bits per heavy atom. The van der Waals surface area contributed by atoms with Gasteiger partial charge in [0.25, 0.3) is 0 Å². The molecule has 0 unspecified atom stereocenters. The normalized spacial score (nSPS) is 24.4. The quantitative estimate of drug-likeness (QED) is 0.316. The van der Waals surface area contributed by atoms with Gasteiger partial charge in [-0.3, -0.25) is 10.4 Å². The molecule has 0 saturated heterocycles. The number of nitrogens with one attached hydrogen (secondary N) is 2. The van der Waals surface area contributed by atoms with Crippen molar-refractivity contribution in [3.63, 3.8) is 0 Å². The van der Waals surface area contributed by atoms with Crippen molar-refractivity contribution >= 4 is 17.7 Å². The Kier molecular flexibility index (Phi) is 5.18. The first kappa shape index (κ1) is 14.0. The van der Waals surface area contributed by atoms with E-state index in [1.165, 1.54) is 51.4 Å². The number of nitrogens with zero attached hydrogens (tertiary/aromatic N) is 1. The molecule has 18 heavy (non-hydrogen) atoms. The van der Waals surface area contributed by atoms with Gasteiger partial charge in [-0.25, -0.2) is 5.84 Å². The van der Waals surface area contributed by atoms with E-state index in [1.54, 1.807) is 0 Å². The molecule has 4 N–H and O–H groups in total. The largest absolute Gasteiger partial charge is 0.353 e. The van der Waals surface area contributed by atoms with E-state index in [4.69, 9.17) is 5.84 Å². The zero-order valence-corrected chi connectivity index (χ0v) is 12.2. The smallest absolute Gasteiger partial charge is 0.205 e. The standard InChI is InChI=1S/C13H26N4S/c1-18-13(8-4-5-9-13)10-15-12(17-14)16-11-6-2-3-7-11/h11H,2-10,14H2,1H3,(H2,15,16,17). The lowest BCUT2D eigenvalue weighted by atomic mass is 10.1. The SMILES string of the molecule is CSC1(CN=C(NN)NC2CCCC2)CCCC1. The average molecular weight is 270 g/mol. The second kappa shape index (κ2) is 6.66. The molecule has 4 nitrogen and oxygen atoms in total. The van der Waals surface area contributed by atoms with Crippen LogP contribution in [0.25, 0.3) is 0 Å². The fourth-order valence-electron chi connectivity index (χ4n) is 3.07. The van der Waals surface area contributed by atoms with Crippen LogP contribution in [0.3, 0.4) is 0 Å². The first-order valence-corrected chi connectivity index (χ1v) is 8.33. The predicted molar refractivity (Wildman–Crippen MR) is 79.7 cm³/mol. The van der Waals surface area contributed by atoms with Crippen LogP contribution in [-0.4, -0.2) is 29.5 Å². The average Bonchev–Trinajstić information content (AvgIpc) is 3.06. The number of aliphatic imine (C=N–C) groups is 1. The number of thioether (sulfide) groups is 1. The van der Waals surface area contributed by atoms with Gasteiger partial charge >= 0.3 is 0 Å². The van der Waals surface area contributed by atoms with Crippen LogP contribution in [0, 0.1) is 0 Å². The molecule has 0 aromatic heterocycles. The van der Waals surface area contributed by atoms with Crippen molar-refractivity contribution in [1.29, 1.82) is 0 Å². The van der Waals surface area contributed by atoms with Gasteiger partial charge < -0.3 is 5.32 Å². The van der Waals surface area contributed by atoms with Gasteiger partial charge in [0.15, 0.2) is 0 Å². The molecule has 104 valence electrons. The van der Waals surface area contributed by atoms with Crippen molar-refractivity contribution < 1.29 is 0 Å². The summed E-state index contributed by atoms with van der Waals surface area (Å²) in [7, 11) is 0. The second-order valence-electron chi connectivity index (χ2n) is 5.53. The van der Waals surface area contributed by atoms with Crippen molar-refractivity contribution in [2.75, 3.05) is 12.8 Å². The summed E-state index contributed by atoms with van der Waals surface area (Å²) in [6.07, 6.45) is 12.6. The number of nitrogens with two attached hydrogens (primary N) is 1. The molecule has 2 saturated carbocycles. The number of hydrogen-bond acceptors (Lipinski definition) is 3. The summed E-state index contributed by atoms with van der Waals surface area (Å²) in [5.74, 6) is 6.35. The van der Waals surface area contributed by atoms with E-state index in [0.717, 1.165) is 12.5 Å². The van der Waals surface area contributed by atoms with Crippen LogP contribution in [0.1, 0.15) is 51.4 Å². The Labute approximate surface area is 115 Å². The van der Waals surface area contributed by atoms with Gasteiger partial charge in [-0.2, -0.15) is 11.8 Å². The highest BCUT2D eigenvalue weighted by Crippen LogP contribution is 2.40. The number of guanidine groups is 1. The first-order chi connectivity index (χ1) is 8.78. The highest BCUT2D eigenvalue weighted by Gasteiger charge is 2.32. The third-order valence-electron chi connectivity index (χ3n) is 4.31. The zero-order chi connectivity index (χ0) is 12.8. The van der Waals surface area contributed by atoms with Gasteiger partial charge in [-0.1, -0.05) is 25.7 Å². The minimum absolute atomic E-state index is 0.361. The summed E-state index contributed by atoms with van der Waals surface area (Å²) >= 11 is 1.97. The van der Waals surface area contributed by atoms with E-state index >= 15 is 0 Å². The molecule has 0 spiro atoms. The van der Waals surface area contributed by atoms with Gasteiger partial charge in [0.1, 0.15) is 0 Å². The van der Waals surface area contributed by atoms with Crippen molar-refractivity contribution in [2.24, 2.45) is 10.8 Å². The van der Waals surface area contributed by atoms with E-state index in [2.05, 4.69) is 22.0 Å². The van der Waals surface area contributed by atoms with Crippen molar-refractivity contribution in [2.45, 2.75) is 62.2 Å². The summed E-state index contributed by atoms with van der Waals surface area (Å²) in [5, 5.41) is 3.44. The van der Waals surface area contributed by atoms with Crippen molar-refractivity contribution in [3.8, 4) is 0 Å². The van der Waals surface area contributed by atoms with Gasteiger partial charge in [-0.15, -0.1) is 0 Å². The Morgan fingerprint density at radius 2 is 1.94 bits per heavy atom. The topological polar surface area (TPSA) is 62.4 Å². The van der Waals surface area contributed by atoms with E-state index in [1.807, 2.05) is 11.8 Å². The van der Waals surface area contributed by atoms with Crippen molar-refractivity contribution in [3.05, 3.63) is 0 Å². The van der Waals surface area contributed by atoms with E-state index in [-0.39, 0.29) is 0 Å². The molecule has 0 amide bonds. The molecule has 0 radical (unpaired) electrons. The van der Waals surface area contributed by atoms with Gasteiger partial charge in [0, 0.05) is 10.8 Å². The Hall–Kier alpha value is -0.420. The van der Waals surface area contributed by atoms with Crippen molar-refractivity contribution in [1.82, 2.24) is 10.7 Å². The molecule has 2 rings (SSSR count). The van der Waals surface area contributed by atoms with Gasteiger partial charge in [0.2, 0.25) is 5.96 Å². The minimum atomic E-state index is 0.361. The molecule has 2 aliphatic carbocycles. The van der Waals surface area contributed by atoms with Crippen LogP contribution in [0.5, 0.6) is 0 Å². The maximum atomic E-state index is 5.57. The number of rotatable bonds is 4. The fraction of sp³-hybridized carbons (Fsp3) is 0.923. The first-order valence-electron chi connectivity index (χ1n) is 7.11. The van der Waals surface area contributed by atoms with Crippen LogP contribution in [0.2, 0.25) is 0 Å². The lowest BCUT2D eigenvalue weighted by molar-refractivity contribution is 0.594. The van der Waals surface area contributed by atoms with Gasteiger partial charge in [-0.05, 0) is 31.9 Å². The van der Waals surface area contributed by atoms with E-state index < -0.39 is 0 Å². The molecule has 5 heteroatoms. The van der Waals surface area contributed by atoms with Crippen LogP contribution in [-0.2, 0) is 0 Å². The molecule has 0 aliphatic heterocycles. The monoisotopic (exact) mass is 270 g/mol. The molecule has 2 fully saturated rings. The zero-order valence-electron chi connectivity index (χ0n) is 11.4. The molecule has 2 aliphatic rings. The number of hydrazine groups is 1. The molecule has 0 heterocycles. The summed E-state index contributed by atoms with van der Waals surface area (Å²) < 4.78 is 0.361. The highest BCUT2D eigenvalue weighted by atomic mass is 32.2. The Bertz CT molecular complexity index is 281. The minimum Gasteiger partial charge on any atom is -0.353 e. The molecular formula is C13H26N4S. The second-order valence-corrected chi connectivity index (χ2v) is 6.80. The fourth-order valence-corrected chi connectivity index (χ4v) is 3.96. The van der Waals surface area contributed by atoms with Crippen LogP contribution in [0.15, 0.2) is 4.99 Å². The highest BCUT2D eigenvalue weighted by molar-refractivity contribution is 8.00. The lowest BCUT2D eigenvalue weighted by Crippen LogP contribution is -2.46. The third kappa shape index (κ3) is 3.54. The lowest BCUT2D eigenvalue weighted by Gasteiger charge is -2.25. The molecule has 0 atom stereocenters. The van der Waals surface area contributed by atoms with Gasteiger partial charge in [0.05, 0.1) is 6.54 Å². The summed E-state index contributed by atoms with van der Waals surface area (Å²) in [5.41, 5.74) is 2.72. The molecule has 0 bridgehead atoms. The number of hydrogen-bond donors (Lipinski definition) is 3.